The third kappa shape index (κ3) is 2.84. The molecule has 0 aromatic carbocycles. The smallest absolute Gasteiger partial charge is 0.154 e. The monoisotopic (exact) mass is 238 g/mol. The van der Waals surface area contributed by atoms with E-state index in [4.69, 9.17) is 10.5 Å². The molecular weight excluding hydrogens is 216 g/mol. The van der Waals surface area contributed by atoms with Crippen LogP contribution in [0.1, 0.15) is 55.7 Å². The first-order chi connectivity index (χ1) is 8.22. The summed E-state index contributed by atoms with van der Waals surface area (Å²) >= 11 is 0. The lowest BCUT2D eigenvalue weighted by Gasteiger charge is -2.18. The van der Waals surface area contributed by atoms with Gasteiger partial charge in [0, 0.05) is 20.1 Å². The maximum absolute atomic E-state index is 6.00. The number of hydrogen-bond acceptors (Lipinski definition) is 4. The van der Waals surface area contributed by atoms with E-state index in [9.17, 15) is 0 Å². The van der Waals surface area contributed by atoms with Gasteiger partial charge in [0.25, 0.3) is 0 Å². The van der Waals surface area contributed by atoms with E-state index in [-0.39, 0.29) is 6.04 Å². The van der Waals surface area contributed by atoms with Gasteiger partial charge in [-0.05, 0) is 12.8 Å². The fourth-order valence-electron chi connectivity index (χ4n) is 2.53. The highest BCUT2D eigenvalue weighted by molar-refractivity contribution is 5.03. The number of hydrogen-bond donors (Lipinski definition) is 1. The molecular formula is C12H22N4O. The summed E-state index contributed by atoms with van der Waals surface area (Å²) < 4.78 is 6.86. The molecule has 5 heteroatoms. The number of nitrogens with zero attached hydrogens (tertiary/aromatic N) is 3. The highest BCUT2D eigenvalue weighted by atomic mass is 16.5. The van der Waals surface area contributed by atoms with Gasteiger partial charge in [-0.3, -0.25) is 4.68 Å². The minimum absolute atomic E-state index is 0.185. The summed E-state index contributed by atoms with van der Waals surface area (Å²) in [5, 5.41) is 4.51. The molecule has 1 aromatic heterocycles. The fourth-order valence-corrected chi connectivity index (χ4v) is 2.53. The molecule has 1 heterocycles. The van der Waals surface area contributed by atoms with Crippen molar-refractivity contribution in [3.63, 3.8) is 0 Å². The van der Waals surface area contributed by atoms with Crippen molar-refractivity contribution in [3.8, 4) is 0 Å². The van der Waals surface area contributed by atoms with E-state index in [0.717, 1.165) is 11.6 Å². The van der Waals surface area contributed by atoms with Gasteiger partial charge < -0.3 is 10.5 Å². The zero-order chi connectivity index (χ0) is 12.3. The van der Waals surface area contributed by atoms with Crippen molar-refractivity contribution in [2.45, 2.75) is 44.1 Å². The maximum Gasteiger partial charge on any atom is 0.154 e. The summed E-state index contributed by atoms with van der Waals surface area (Å²) in [5.41, 5.74) is 6.00. The summed E-state index contributed by atoms with van der Waals surface area (Å²) in [7, 11) is 3.56. The lowest BCUT2D eigenvalue weighted by atomic mass is 9.89. The molecule has 0 saturated heterocycles. The van der Waals surface area contributed by atoms with E-state index in [1.807, 2.05) is 7.05 Å². The van der Waals surface area contributed by atoms with E-state index in [1.54, 1.807) is 11.8 Å². The second kappa shape index (κ2) is 5.60. The Morgan fingerprint density at radius 3 is 2.76 bits per heavy atom. The first-order valence-electron chi connectivity index (χ1n) is 6.37. The lowest BCUT2D eigenvalue weighted by molar-refractivity contribution is 0.177. The Kier molecular flexibility index (Phi) is 4.12. The highest BCUT2D eigenvalue weighted by Crippen LogP contribution is 2.31. The number of nitrogens with two attached hydrogens (primary N) is 1. The Bertz CT molecular complexity index is 357. The van der Waals surface area contributed by atoms with Crippen LogP contribution in [0.5, 0.6) is 0 Å². The van der Waals surface area contributed by atoms with Crippen LogP contribution in [-0.4, -0.2) is 28.5 Å². The summed E-state index contributed by atoms with van der Waals surface area (Å²) in [4.78, 5) is 4.60. The first kappa shape index (κ1) is 12.5. The van der Waals surface area contributed by atoms with Crippen molar-refractivity contribution in [1.29, 1.82) is 0 Å². The van der Waals surface area contributed by atoms with Crippen molar-refractivity contribution in [2.24, 2.45) is 12.8 Å². The van der Waals surface area contributed by atoms with E-state index in [1.165, 1.54) is 32.1 Å². The van der Waals surface area contributed by atoms with Crippen molar-refractivity contribution in [3.05, 3.63) is 11.6 Å². The van der Waals surface area contributed by atoms with E-state index in [0.29, 0.717) is 12.5 Å². The van der Waals surface area contributed by atoms with Crippen LogP contribution >= 0.6 is 0 Å². The van der Waals surface area contributed by atoms with Gasteiger partial charge in [0.2, 0.25) is 0 Å². The van der Waals surface area contributed by atoms with Crippen molar-refractivity contribution in [2.75, 3.05) is 13.7 Å². The van der Waals surface area contributed by atoms with Crippen LogP contribution in [-0.2, 0) is 11.8 Å². The Balaban J connectivity index is 2.11. The Morgan fingerprint density at radius 2 is 2.12 bits per heavy atom. The van der Waals surface area contributed by atoms with Gasteiger partial charge in [0.1, 0.15) is 5.82 Å². The maximum atomic E-state index is 6.00. The lowest BCUT2D eigenvalue weighted by Crippen LogP contribution is -2.20. The molecule has 96 valence electrons. The molecule has 0 bridgehead atoms. The summed E-state index contributed by atoms with van der Waals surface area (Å²) in [6.07, 6.45) is 6.36. The van der Waals surface area contributed by atoms with E-state index >= 15 is 0 Å². The second-order valence-electron chi connectivity index (χ2n) is 4.85. The molecule has 1 unspecified atom stereocenters. The SMILES string of the molecule is COCC(N)c1nc(C2CCCCC2)nn1C. The second-order valence-corrected chi connectivity index (χ2v) is 4.85. The molecule has 5 nitrogen and oxygen atoms in total. The third-order valence-corrected chi connectivity index (χ3v) is 3.46. The molecule has 1 saturated carbocycles. The van der Waals surface area contributed by atoms with Gasteiger partial charge in [-0.15, -0.1) is 0 Å². The number of rotatable bonds is 4. The molecule has 17 heavy (non-hydrogen) atoms. The molecule has 2 rings (SSSR count). The van der Waals surface area contributed by atoms with E-state index < -0.39 is 0 Å². The van der Waals surface area contributed by atoms with Gasteiger partial charge in [0.05, 0.1) is 12.6 Å². The minimum atomic E-state index is -0.185. The quantitative estimate of drug-likeness (QED) is 0.863. The normalized spacial score (nSPS) is 19.5. The molecule has 1 atom stereocenters. The standard InChI is InChI=1S/C12H22N4O/c1-16-12(10(13)8-17-2)14-11(15-16)9-6-4-3-5-7-9/h9-10H,3-8,13H2,1-2H3. The van der Waals surface area contributed by atoms with Crippen LogP contribution in [0.15, 0.2) is 0 Å². The van der Waals surface area contributed by atoms with Crippen molar-refractivity contribution < 1.29 is 4.74 Å². The van der Waals surface area contributed by atoms with Gasteiger partial charge >= 0.3 is 0 Å². The Morgan fingerprint density at radius 1 is 1.41 bits per heavy atom. The van der Waals surface area contributed by atoms with Crippen LogP contribution in [0, 0.1) is 0 Å². The predicted octanol–water partition coefficient (Wildman–Crippen LogP) is 1.51. The largest absolute Gasteiger partial charge is 0.383 e. The van der Waals surface area contributed by atoms with Crippen LogP contribution in [0.3, 0.4) is 0 Å². The molecule has 0 amide bonds. The minimum Gasteiger partial charge on any atom is -0.383 e. The van der Waals surface area contributed by atoms with Crippen LogP contribution in [0.4, 0.5) is 0 Å². The van der Waals surface area contributed by atoms with Gasteiger partial charge in [-0.25, -0.2) is 4.98 Å². The highest BCUT2D eigenvalue weighted by Gasteiger charge is 2.22. The number of ether oxygens (including phenoxy) is 1. The van der Waals surface area contributed by atoms with Gasteiger partial charge in [0.15, 0.2) is 5.82 Å². The molecule has 0 radical (unpaired) electrons. The molecule has 1 aromatic rings. The third-order valence-electron chi connectivity index (χ3n) is 3.46. The fraction of sp³-hybridized carbons (Fsp3) is 0.833. The number of aryl methyl sites for hydroxylation is 1. The zero-order valence-electron chi connectivity index (χ0n) is 10.7. The molecule has 0 aliphatic heterocycles. The van der Waals surface area contributed by atoms with Crippen LogP contribution in [0.2, 0.25) is 0 Å². The average molecular weight is 238 g/mol. The van der Waals surface area contributed by atoms with Crippen LogP contribution < -0.4 is 5.73 Å². The topological polar surface area (TPSA) is 66.0 Å². The average Bonchev–Trinajstić information content (AvgIpc) is 2.73. The van der Waals surface area contributed by atoms with Gasteiger partial charge in [-0.1, -0.05) is 19.3 Å². The summed E-state index contributed by atoms with van der Waals surface area (Å²) in [6, 6.07) is -0.185. The van der Waals surface area contributed by atoms with Crippen molar-refractivity contribution >= 4 is 0 Å². The molecule has 0 spiro atoms. The number of methoxy groups -OCH3 is 1. The van der Waals surface area contributed by atoms with Gasteiger partial charge in [-0.2, -0.15) is 5.10 Å². The summed E-state index contributed by atoms with van der Waals surface area (Å²) in [6.45, 7) is 0.483. The molecule has 1 fully saturated rings. The first-order valence-corrected chi connectivity index (χ1v) is 6.37. The Hall–Kier alpha value is -0.940. The molecule has 2 N–H and O–H groups in total. The van der Waals surface area contributed by atoms with Crippen LogP contribution in [0.25, 0.3) is 0 Å². The molecule has 1 aliphatic rings. The Labute approximate surface area is 102 Å². The van der Waals surface area contributed by atoms with Crippen molar-refractivity contribution in [1.82, 2.24) is 14.8 Å². The summed E-state index contributed by atoms with van der Waals surface area (Å²) in [5.74, 6) is 2.32. The number of aromatic nitrogens is 3. The van der Waals surface area contributed by atoms with E-state index in [2.05, 4.69) is 10.1 Å². The molecule has 1 aliphatic carbocycles. The predicted molar refractivity (Wildman–Crippen MR) is 65.6 cm³/mol. The zero-order valence-corrected chi connectivity index (χ0v) is 10.7.